The average molecular weight is 266 g/mol. The summed E-state index contributed by atoms with van der Waals surface area (Å²) in [7, 11) is 0. The number of hydrogen-bond donors (Lipinski definition) is 1. The van der Waals surface area contributed by atoms with Gasteiger partial charge in [-0.15, -0.1) is 0 Å². The molecule has 1 saturated carbocycles. The first-order chi connectivity index (χ1) is 9.19. The molecule has 0 aromatic carbocycles. The maximum absolute atomic E-state index is 12.6. The van der Waals surface area contributed by atoms with Crippen LogP contribution in [0.4, 0.5) is 0 Å². The Morgan fingerprint density at radius 2 is 1.84 bits per heavy atom. The molecule has 1 N–H and O–H groups in total. The van der Waals surface area contributed by atoms with E-state index < -0.39 is 0 Å². The van der Waals surface area contributed by atoms with E-state index in [1.807, 2.05) is 11.8 Å². The van der Waals surface area contributed by atoms with E-state index >= 15 is 0 Å². The largest absolute Gasteiger partial charge is 0.343 e. The minimum atomic E-state index is -0.303. The molecule has 108 valence electrons. The Bertz CT molecular complexity index is 337. The lowest BCUT2D eigenvalue weighted by atomic mass is 9.90. The fourth-order valence-corrected chi connectivity index (χ4v) is 3.40. The van der Waals surface area contributed by atoms with Gasteiger partial charge < -0.3 is 10.2 Å². The molecule has 2 atom stereocenters. The number of carbonyl (C=O) groups is 2. The third-order valence-electron chi connectivity index (χ3n) is 4.45. The van der Waals surface area contributed by atoms with E-state index in [0.29, 0.717) is 6.42 Å². The van der Waals surface area contributed by atoms with Crippen molar-refractivity contribution in [3.8, 4) is 0 Å². The average Bonchev–Trinajstić information content (AvgIpc) is 2.44. The van der Waals surface area contributed by atoms with Gasteiger partial charge in [0.05, 0.1) is 0 Å². The summed E-state index contributed by atoms with van der Waals surface area (Å²) in [5.41, 5.74) is 0. The van der Waals surface area contributed by atoms with Gasteiger partial charge in [-0.25, -0.2) is 0 Å². The van der Waals surface area contributed by atoms with Crippen molar-refractivity contribution in [1.29, 1.82) is 0 Å². The first-order valence-electron chi connectivity index (χ1n) is 7.81. The van der Waals surface area contributed by atoms with Crippen molar-refractivity contribution >= 4 is 11.8 Å². The van der Waals surface area contributed by atoms with Crippen LogP contribution in [0.2, 0.25) is 0 Å². The second-order valence-corrected chi connectivity index (χ2v) is 5.81. The molecule has 1 heterocycles. The van der Waals surface area contributed by atoms with Crippen molar-refractivity contribution < 1.29 is 9.59 Å². The Morgan fingerprint density at radius 3 is 2.42 bits per heavy atom. The zero-order chi connectivity index (χ0) is 13.8. The van der Waals surface area contributed by atoms with Crippen LogP contribution in [0.25, 0.3) is 0 Å². The molecule has 0 aromatic heterocycles. The second-order valence-electron chi connectivity index (χ2n) is 5.81. The van der Waals surface area contributed by atoms with Crippen molar-refractivity contribution in [3.05, 3.63) is 0 Å². The van der Waals surface area contributed by atoms with E-state index in [4.69, 9.17) is 0 Å². The molecule has 2 aliphatic rings. The van der Waals surface area contributed by atoms with Gasteiger partial charge in [-0.1, -0.05) is 39.5 Å². The van der Waals surface area contributed by atoms with Crippen LogP contribution in [0, 0.1) is 0 Å². The van der Waals surface area contributed by atoms with Crippen molar-refractivity contribution in [2.75, 3.05) is 0 Å². The minimum absolute atomic E-state index is 0.0545. The van der Waals surface area contributed by atoms with E-state index in [2.05, 4.69) is 12.2 Å². The number of nitrogens with zero attached hydrogens (tertiary/aromatic N) is 1. The molecule has 2 amide bonds. The van der Waals surface area contributed by atoms with Crippen molar-refractivity contribution in [2.45, 2.75) is 83.3 Å². The summed E-state index contributed by atoms with van der Waals surface area (Å²) in [6.07, 6.45) is 8.17. The Balaban J connectivity index is 2.19. The third kappa shape index (κ3) is 2.93. The van der Waals surface area contributed by atoms with Gasteiger partial charge in [-0.3, -0.25) is 9.59 Å². The van der Waals surface area contributed by atoms with Gasteiger partial charge in [-0.2, -0.15) is 0 Å². The summed E-state index contributed by atoms with van der Waals surface area (Å²) < 4.78 is 0. The maximum atomic E-state index is 12.6. The number of carbonyl (C=O) groups excluding carboxylic acids is 2. The summed E-state index contributed by atoms with van der Waals surface area (Å²) in [4.78, 5) is 26.8. The normalized spacial score (nSPS) is 29.5. The third-order valence-corrected chi connectivity index (χ3v) is 4.45. The van der Waals surface area contributed by atoms with Crippen LogP contribution in [0.3, 0.4) is 0 Å². The second kappa shape index (κ2) is 6.40. The van der Waals surface area contributed by atoms with E-state index in [-0.39, 0.29) is 29.9 Å². The van der Waals surface area contributed by atoms with Crippen LogP contribution in [-0.2, 0) is 9.59 Å². The van der Waals surface area contributed by atoms with Crippen LogP contribution in [0.5, 0.6) is 0 Å². The fourth-order valence-electron chi connectivity index (χ4n) is 3.40. The van der Waals surface area contributed by atoms with Crippen LogP contribution >= 0.6 is 0 Å². The lowest BCUT2D eigenvalue weighted by Gasteiger charge is -2.44. The number of piperazine rings is 1. The zero-order valence-corrected chi connectivity index (χ0v) is 12.2. The molecule has 0 bridgehead atoms. The molecule has 4 heteroatoms. The van der Waals surface area contributed by atoms with Gasteiger partial charge in [0.25, 0.3) is 0 Å². The van der Waals surface area contributed by atoms with Crippen molar-refractivity contribution in [2.24, 2.45) is 0 Å². The highest BCUT2D eigenvalue weighted by Gasteiger charge is 2.42. The van der Waals surface area contributed by atoms with Crippen LogP contribution in [0.15, 0.2) is 0 Å². The van der Waals surface area contributed by atoms with Gasteiger partial charge in [0.15, 0.2) is 0 Å². The predicted molar refractivity (Wildman–Crippen MR) is 74.6 cm³/mol. The SMILES string of the molecule is CCCC1C(=O)NC(CC)C(=O)N1C1CCCCC1. The van der Waals surface area contributed by atoms with Gasteiger partial charge in [-0.05, 0) is 25.7 Å². The number of nitrogens with one attached hydrogen (secondary N) is 1. The monoisotopic (exact) mass is 266 g/mol. The highest BCUT2D eigenvalue weighted by atomic mass is 16.2. The Morgan fingerprint density at radius 1 is 1.16 bits per heavy atom. The lowest BCUT2D eigenvalue weighted by molar-refractivity contribution is -0.153. The predicted octanol–water partition coefficient (Wildman–Crippen LogP) is 2.22. The van der Waals surface area contributed by atoms with Gasteiger partial charge >= 0.3 is 0 Å². The summed E-state index contributed by atoms with van der Waals surface area (Å²) in [5, 5.41) is 2.89. The summed E-state index contributed by atoms with van der Waals surface area (Å²) in [6, 6.07) is -0.246. The number of rotatable bonds is 4. The first-order valence-corrected chi connectivity index (χ1v) is 7.81. The highest BCUT2D eigenvalue weighted by molar-refractivity contribution is 5.97. The zero-order valence-electron chi connectivity index (χ0n) is 12.2. The Kier molecular flexibility index (Phi) is 4.83. The molecular weight excluding hydrogens is 240 g/mol. The quantitative estimate of drug-likeness (QED) is 0.848. The molecule has 2 unspecified atom stereocenters. The highest BCUT2D eigenvalue weighted by Crippen LogP contribution is 2.28. The molecule has 2 rings (SSSR count). The Labute approximate surface area is 115 Å². The van der Waals surface area contributed by atoms with Crippen molar-refractivity contribution in [1.82, 2.24) is 10.2 Å². The standard InChI is InChI=1S/C15H26N2O2/c1-3-8-13-14(18)16-12(4-2)15(19)17(13)11-9-6-5-7-10-11/h11-13H,3-10H2,1-2H3,(H,16,18). The summed E-state index contributed by atoms with van der Waals surface area (Å²) >= 11 is 0. The van der Waals surface area contributed by atoms with Gasteiger partial charge in [0.1, 0.15) is 12.1 Å². The van der Waals surface area contributed by atoms with E-state index in [0.717, 1.165) is 25.7 Å². The molecule has 0 radical (unpaired) electrons. The van der Waals surface area contributed by atoms with Gasteiger partial charge in [0.2, 0.25) is 11.8 Å². The van der Waals surface area contributed by atoms with E-state index in [1.54, 1.807) is 0 Å². The fraction of sp³-hybridized carbons (Fsp3) is 0.867. The van der Waals surface area contributed by atoms with Crippen LogP contribution < -0.4 is 5.32 Å². The summed E-state index contributed by atoms with van der Waals surface area (Å²) in [6.45, 7) is 4.03. The first kappa shape index (κ1) is 14.4. The number of hydrogen-bond acceptors (Lipinski definition) is 2. The summed E-state index contributed by atoms with van der Waals surface area (Å²) in [5.74, 6) is 0.200. The van der Waals surface area contributed by atoms with Gasteiger partial charge in [0, 0.05) is 6.04 Å². The molecule has 1 aliphatic heterocycles. The topological polar surface area (TPSA) is 49.4 Å². The smallest absolute Gasteiger partial charge is 0.246 e. The van der Waals surface area contributed by atoms with E-state index in [1.165, 1.54) is 19.3 Å². The lowest BCUT2D eigenvalue weighted by Crippen LogP contribution is -2.65. The van der Waals surface area contributed by atoms with E-state index in [9.17, 15) is 9.59 Å². The molecule has 1 aliphatic carbocycles. The number of amides is 2. The molecule has 1 saturated heterocycles. The van der Waals surface area contributed by atoms with Crippen LogP contribution in [0.1, 0.15) is 65.2 Å². The minimum Gasteiger partial charge on any atom is -0.343 e. The maximum Gasteiger partial charge on any atom is 0.246 e. The Hall–Kier alpha value is -1.06. The molecule has 19 heavy (non-hydrogen) atoms. The molecule has 0 aromatic rings. The molecular formula is C15H26N2O2. The molecule has 0 spiro atoms. The molecule has 2 fully saturated rings. The molecule has 4 nitrogen and oxygen atoms in total. The van der Waals surface area contributed by atoms with Crippen molar-refractivity contribution in [3.63, 3.8) is 0 Å². The van der Waals surface area contributed by atoms with Crippen LogP contribution in [-0.4, -0.2) is 34.8 Å².